The molecule has 0 N–H and O–H groups in total. The summed E-state index contributed by atoms with van der Waals surface area (Å²) in [6, 6.07) is 4.06. The first kappa shape index (κ1) is 12.6. The molecule has 0 radical (unpaired) electrons. The zero-order valence-corrected chi connectivity index (χ0v) is 11.2. The van der Waals surface area contributed by atoms with Crippen LogP contribution in [0.2, 0.25) is 0 Å². The lowest BCUT2D eigenvalue weighted by molar-refractivity contribution is 0.0374. The predicted octanol–water partition coefficient (Wildman–Crippen LogP) is 1.39. The zero-order chi connectivity index (χ0) is 13.1. The third-order valence-corrected chi connectivity index (χ3v) is 3.98. The Bertz CT molecular complexity index is 470. The topological polar surface area (TPSA) is 54.1 Å². The van der Waals surface area contributed by atoms with Crippen LogP contribution in [0.4, 0.5) is 0 Å². The molecule has 19 heavy (non-hydrogen) atoms. The van der Waals surface area contributed by atoms with Crippen LogP contribution in [0.15, 0.2) is 6.07 Å². The van der Waals surface area contributed by atoms with E-state index in [1.807, 2.05) is 10.7 Å². The van der Waals surface area contributed by atoms with Crippen molar-refractivity contribution in [1.29, 1.82) is 5.26 Å². The lowest BCUT2D eigenvalue weighted by Crippen LogP contribution is -2.33. The second-order valence-electron chi connectivity index (χ2n) is 5.53. The summed E-state index contributed by atoms with van der Waals surface area (Å²) in [6.45, 7) is 5.88. The number of hydrogen-bond donors (Lipinski definition) is 0. The smallest absolute Gasteiger partial charge is 0.162 e. The summed E-state index contributed by atoms with van der Waals surface area (Å²) in [4.78, 5) is 2.49. The summed E-state index contributed by atoms with van der Waals surface area (Å²) in [7, 11) is 0. The maximum absolute atomic E-state index is 8.93. The second-order valence-corrected chi connectivity index (χ2v) is 5.53. The molecule has 0 unspecified atom stereocenters. The molecule has 0 spiro atoms. The molecular formula is C14H20N4O. The first-order chi connectivity index (χ1) is 9.35. The lowest BCUT2D eigenvalue weighted by atomic mass is 10.0. The number of fused-ring (bicyclic) bond motifs is 1. The molecule has 1 aromatic rings. The number of aryl methyl sites for hydroxylation is 1. The van der Waals surface area contributed by atoms with Crippen LogP contribution in [-0.2, 0) is 17.8 Å². The van der Waals surface area contributed by atoms with Crippen LogP contribution in [-0.4, -0.2) is 41.0 Å². The van der Waals surface area contributed by atoms with Crippen LogP contribution in [0.5, 0.6) is 0 Å². The molecule has 5 heteroatoms. The molecule has 2 aliphatic rings. The van der Waals surface area contributed by atoms with Crippen molar-refractivity contribution in [3.8, 4) is 6.07 Å². The SMILES string of the molecule is N#Cc1cc2n(n1)CCCN(C[C@H]1CCCOC1)C2. The van der Waals surface area contributed by atoms with Gasteiger partial charge in [-0.05, 0) is 31.2 Å². The van der Waals surface area contributed by atoms with Gasteiger partial charge >= 0.3 is 0 Å². The molecule has 5 nitrogen and oxygen atoms in total. The van der Waals surface area contributed by atoms with Gasteiger partial charge in [-0.1, -0.05) is 0 Å². The van der Waals surface area contributed by atoms with Crippen molar-refractivity contribution < 1.29 is 4.74 Å². The minimum atomic E-state index is 0.540. The van der Waals surface area contributed by atoms with E-state index in [4.69, 9.17) is 10.00 Å². The molecule has 0 aromatic carbocycles. The molecule has 0 saturated carbocycles. The molecule has 0 amide bonds. The van der Waals surface area contributed by atoms with E-state index in [9.17, 15) is 0 Å². The molecule has 0 aliphatic carbocycles. The number of nitrogens with zero attached hydrogens (tertiary/aromatic N) is 4. The van der Waals surface area contributed by atoms with Crippen molar-refractivity contribution in [1.82, 2.24) is 14.7 Å². The summed E-state index contributed by atoms with van der Waals surface area (Å²) in [5.74, 6) is 0.665. The Morgan fingerprint density at radius 3 is 3.16 bits per heavy atom. The van der Waals surface area contributed by atoms with Crippen LogP contribution in [0, 0.1) is 17.2 Å². The van der Waals surface area contributed by atoms with Crippen molar-refractivity contribution in [3.05, 3.63) is 17.5 Å². The Morgan fingerprint density at radius 2 is 2.37 bits per heavy atom. The molecule has 1 aromatic heterocycles. The van der Waals surface area contributed by atoms with Crippen molar-refractivity contribution in [2.24, 2.45) is 5.92 Å². The fourth-order valence-corrected chi connectivity index (χ4v) is 3.06. The molecule has 0 bridgehead atoms. The molecule has 3 rings (SSSR count). The van der Waals surface area contributed by atoms with Gasteiger partial charge in [-0.2, -0.15) is 10.4 Å². The Kier molecular flexibility index (Phi) is 3.81. The van der Waals surface area contributed by atoms with Crippen molar-refractivity contribution in [2.45, 2.75) is 32.4 Å². The van der Waals surface area contributed by atoms with Gasteiger partial charge in [-0.15, -0.1) is 0 Å². The lowest BCUT2D eigenvalue weighted by Gasteiger charge is -2.28. The summed E-state index contributed by atoms with van der Waals surface area (Å²) < 4.78 is 7.55. The van der Waals surface area contributed by atoms with E-state index in [0.29, 0.717) is 11.6 Å². The summed E-state index contributed by atoms with van der Waals surface area (Å²) in [6.07, 6.45) is 3.57. The average molecular weight is 260 g/mol. The number of ether oxygens (including phenoxy) is 1. The minimum Gasteiger partial charge on any atom is -0.381 e. The van der Waals surface area contributed by atoms with Gasteiger partial charge < -0.3 is 4.74 Å². The van der Waals surface area contributed by atoms with Gasteiger partial charge in [-0.25, -0.2) is 0 Å². The summed E-state index contributed by atoms with van der Waals surface area (Å²) in [5, 5.41) is 13.2. The highest BCUT2D eigenvalue weighted by Crippen LogP contribution is 2.19. The van der Waals surface area contributed by atoms with Gasteiger partial charge in [-0.3, -0.25) is 9.58 Å². The quantitative estimate of drug-likeness (QED) is 0.806. The fraction of sp³-hybridized carbons (Fsp3) is 0.714. The summed E-state index contributed by atoms with van der Waals surface area (Å²) in [5.41, 5.74) is 1.71. The maximum Gasteiger partial charge on any atom is 0.162 e. The molecule has 1 saturated heterocycles. The van der Waals surface area contributed by atoms with E-state index < -0.39 is 0 Å². The van der Waals surface area contributed by atoms with E-state index in [2.05, 4.69) is 16.1 Å². The van der Waals surface area contributed by atoms with Crippen LogP contribution >= 0.6 is 0 Å². The highest BCUT2D eigenvalue weighted by molar-refractivity contribution is 5.22. The molecule has 3 heterocycles. The van der Waals surface area contributed by atoms with Crippen molar-refractivity contribution >= 4 is 0 Å². The van der Waals surface area contributed by atoms with E-state index in [1.54, 1.807) is 0 Å². The van der Waals surface area contributed by atoms with Gasteiger partial charge in [0.2, 0.25) is 0 Å². The number of nitriles is 1. The number of rotatable bonds is 2. The second kappa shape index (κ2) is 5.72. The third kappa shape index (κ3) is 2.96. The third-order valence-electron chi connectivity index (χ3n) is 3.98. The molecule has 1 fully saturated rings. The van der Waals surface area contributed by atoms with Crippen LogP contribution in [0.25, 0.3) is 0 Å². The van der Waals surface area contributed by atoms with Gasteiger partial charge in [0.25, 0.3) is 0 Å². The van der Waals surface area contributed by atoms with E-state index in [-0.39, 0.29) is 0 Å². The number of aromatic nitrogens is 2. The predicted molar refractivity (Wildman–Crippen MR) is 70.4 cm³/mol. The van der Waals surface area contributed by atoms with Crippen LogP contribution in [0.3, 0.4) is 0 Å². The fourth-order valence-electron chi connectivity index (χ4n) is 3.06. The van der Waals surface area contributed by atoms with Crippen LogP contribution < -0.4 is 0 Å². The Balaban J connectivity index is 1.65. The Morgan fingerprint density at radius 1 is 1.42 bits per heavy atom. The molecular weight excluding hydrogens is 240 g/mol. The number of hydrogen-bond acceptors (Lipinski definition) is 4. The van der Waals surface area contributed by atoms with Crippen LogP contribution in [0.1, 0.15) is 30.7 Å². The standard InChI is InChI=1S/C14H20N4O/c15-8-13-7-14-10-17(4-2-5-18(14)16-13)9-12-3-1-6-19-11-12/h7,12H,1-6,9-11H2/t12-/m1/s1. The van der Waals surface area contributed by atoms with E-state index >= 15 is 0 Å². The maximum atomic E-state index is 8.93. The zero-order valence-electron chi connectivity index (χ0n) is 11.2. The van der Waals surface area contributed by atoms with Gasteiger partial charge in [0, 0.05) is 32.8 Å². The Labute approximate surface area is 113 Å². The normalized spacial score (nSPS) is 24.5. The van der Waals surface area contributed by atoms with E-state index in [1.165, 1.54) is 18.5 Å². The van der Waals surface area contributed by atoms with Gasteiger partial charge in [0.05, 0.1) is 12.3 Å². The first-order valence-electron chi connectivity index (χ1n) is 7.12. The van der Waals surface area contributed by atoms with E-state index in [0.717, 1.165) is 45.8 Å². The van der Waals surface area contributed by atoms with Gasteiger partial charge in [0.1, 0.15) is 6.07 Å². The highest BCUT2D eigenvalue weighted by atomic mass is 16.5. The molecule has 102 valence electrons. The van der Waals surface area contributed by atoms with Crippen molar-refractivity contribution in [3.63, 3.8) is 0 Å². The Hall–Kier alpha value is -1.38. The molecule has 2 aliphatic heterocycles. The average Bonchev–Trinajstić information content (AvgIpc) is 2.73. The first-order valence-corrected chi connectivity index (χ1v) is 7.12. The highest BCUT2D eigenvalue weighted by Gasteiger charge is 2.21. The summed E-state index contributed by atoms with van der Waals surface area (Å²) >= 11 is 0. The van der Waals surface area contributed by atoms with Crippen molar-refractivity contribution in [2.75, 3.05) is 26.3 Å². The largest absolute Gasteiger partial charge is 0.381 e. The monoisotopic (exact) mass is 260 g/mol. The minimum absolute atomic E-state index is 0.540. The molecule has 1 atom stereocenters. The van der Waals surface area contributed by atoms with Gasteiger partial charge in [0.15, 0.2) is 5.69 Å².